The molecule has 0 bridgehead atoms. The van der Waals surface area contributed by atoms with E-state index in [1.54, 1.807) is 0 Å². The molecule has 0 atom stereocenters. The summed E-state index contributed by atoms with van der Waals surface area (Å²) in [7, 11) is -4.69. The van der Waals surface area contributed by atoms with Gasteiger partial charge in [-0.2, -0.15) is 14.0 Å². The van der Waals surface area contributed by atoms with Crippen LogP contribution in [0.5, 0.6) is 0 Å². The van der Waals surface area contributed by atoms with Crippen LogP contribution in [0.2, 0.25) is 0 Å². The van der Waals surface area contributed by atoms with E-state index in [-0.39, 0.29) is 86.6 Å². The second-order valence-corrected chi connectivity index (χ2v) is 1.19. The Kier molecular flexibility index (Phi) is 16.7. The summed E-state index contributed by atoms with van der Waals surface area (Å²) in [5, 5.41) is 0. The van der Waals surface area contributed by atoms with Crippen LogP contribution in [0.15, 0.2) is 0 Å². The van der Waals surface area contributed by atoms with Gasteiger partial charge in [0.15, 0.2) is 0 Å². The molecule has 0 aromatic heterocycles. The van der Waals surface area contributed by atoms with E-state index in [9.17, 15) is 0 Å². The van der Waals surface area contributed by atoms with Gasteiger partial charge in [0.1, 0.15) is 0 Å². The van der Waals surface area contributed by atoms with Crippen LogP contribution in [0.4, 0.5) is 0 Å². The summed E-state index contributed by atoms with van der Waals surface area (Å²) in [5.74, 6) is 0. The van der Waals surface area contributed by atoms with Gasteiger partial charge in [0.25, 0.3) is 0 Å². The predicted molar refractivity (Wildman–Crippen MR) is 19.3 cm³/mol. The van der Waals surface area contributed by atoms with Crippen molar-refractivity contribution in [2.75, 3.05) is 0 Å². The van der Waals surface area contributed by atoms with E-state index < -0.39 is 10.2 Å². The van der Waals surface area contributed by atoms with E-state index >= 15 is 0 Å². The molecular weight excluding hydrogens is 277 g/mol. The first-order valence-corrected chi connectivity index (χ1v) is 1.90. The molecule has 1 N–H and O–H groups in total. The van der Waals surface area contributed by atoms with Crippen molar-refractivity contribution < 1.29 is 28.9 Å². The van der Waals surface area contributed by atoms with Crippen molar-refractivity contribution in [3.05, 3.63) is 0 Å². The zero-order valence-electron chi connectivity index (χ0n) is 2.05. The van der Waals surface area contributed by atoms with Crippen molar-refractivity contribution in [1.29, 1.82) is 0 Å². The standard InChI is InChI=1S/Ba.Ca.ClHO4.4H/c;;2-1(3,4)5;;;;/h;;(H,2,3,4,5);;;;. The van der Waals surface area contributed by atoms with Gasteiger partial charge in [-0.1, -0.05) is 0 Å². The van der Waals surface area contributed by atoms with Gasteiger partial charge >= 0.3 is 86.6 Å². The Morgan fingerprint density at radius 2 is 1.14 bits per heavy atom. The molecule has 4 nitrogen and oxygen atoms in total. The minimum Gasteiger partial charge on any atom is -0.183 e. The van der Waals surface area contributed by atoms with Crippen LogP contribution in [0.1, 0.15) is 0 Å². The van der Waals surface area contributed by atoms with Crippen molar-refractivity contribution in [3.8, 4) is 0 Å². The quantitative estimate of drug-likeness (QED) is 0.448. The summed E-state index contributed by atoms with van der Waals surface area (Å²) in [5.41, 5.74) is 0. The first-order valence-electron chi connectivity index (χ1n) is 0.632. The average Bonchev–Trinajstić information content (AvgIpc) is 0.722. The molecular formula is H5BaCaClO4. The monoisotopic (exact) mass is 282 g/mol. The average molecular weight is 282 g/mol. The Labute approximate surface area is 113 Å². The number of rotatable bonds is 0. The topological polar surface area (TPSA) is 89.4 Å². The molecule has 0 aromatic carbocycles. The molecule has 0 saturated carbocycles. The van der Waals surface area contributed by atoms with Gasteiger partial charge in [-0.3, -0.25) is 0 Å². The minimum absolute atomic E-state index is 0. The predicted octanol–water partition coefficient (Wildman–Crippen LogP) is -5.96. The van der Waals surface area contributed by atoms with Crippen LogP contribution in [-0.2, 0) is 0 Å². The fourth-order valence-corrected chi connectivity index (χ4v) is 0. The summed E-state index contributed by atoms with van der Waals surface area (Å²) in [6.07, 6.45) is 0. The molecule has 0 aliphatic heterocycles. The van der Waals surface area contributed by atoms with Crippen molar-refractivity contribution in [2.24, 2.45) is 0 Å². The molecule has 0 rings (SSSR count). The fraction of sp³-hybridized carbons (Fsp3) is 0. The van der Waals surface area contributed by atoms with Gasteiger partial charge in [-0.25, -0.2) is 0 Å². The molecule has 7 heavy (non-hydrogen) atoms. The molecule has 0 radical (unpaired) electrons. The third kappa shape index (κ3) is 49.5. The van der Waals surface area contributed by atoms with Crippen LogP contribution in [0, 0.1) is 10.2 Å². The molecule has 0 fully saturated rings. The van der Waals surface area contributed by atoms with Gasteiger partial charge in [0, 0.05) is 0 Å². The maximum absolute atomic E-state index is 8.60. The van der Waals surface area contributed by atoms with E-state index in [4.69, 9.17) is 18.6 Å². The Morgan fingerprint density at radius 1 is 1.14 bits per heavy atom. The Hall–Kier alpha value is 2.96. The van der Waals surface area contributed by atoms with Crippen LogP contribution in [0.25, 0.3) is 0 Å². The summed E-state index contributed by atoms with van der Waals surface area (Å²) in [6, 6.07) is 0. The second-order valence-electron chi connectivity index (χ2n) is 0.396. The Balaban J connectivity index is -0.0000000800. The molecule has 0 heterocycles. The van der Waals surface area contributed by atoms with E-state index in [2.05, 4.69) is 0 Å². The molecule has 0 spiro atoms. The van der Waals surface area contributed by atoms with E-state index in [0.29, 0.717) is 0 Å². The van der Waals surface area contributed by atoms with Crippen molar-refractivity contribution in [1.82, 2.24) is 0 Å². The van der Waals surface area contributed by atoms with E-state index in [0.717, 1.165) is 0 Å². The maximum Gasteiger partial charge on any atom is 0.0777 e. The molecule has 0 amide bonds. The summed E-state index contributed by atoms with van der Waals surface area (Å²) in [6.45, 7) is 0. The van der Waals surface area contributed by atoms with Gasteiger partial charge in [0.2, 0.25) is 0 Å². The van der Waals surface area contributed by atoms with Gasteiger partial charge in [-0.15, -0.1) is 0 Å². The molecule has 0 aliphatic carbocycles. The first kappa shape index (κ1) is 16.5. The van der Waals surface area contributed by atoms with Gasteiger partial charge in [-0.05, 0) is 0 Å². The SMILES string of the molecule is [BaH2].[CaH2].[O-][Cl+3]([O-])([O-])O. The summed E-state index contributed by atoms with van der Waals surface area (Å²) >= 11 is 0. The van der Waals surface area contributed by atoms with Crippen molar-refractivity contribution >= 4 is 86.6 Å². The third-order valence-corrected chi connectivity index (χ3v) is 0. The van der Waals surface area contributed by atoms with Crippen LogP contribution >= 0.6 is 0 Å². The summed E-state index contributed by atoms with van der Waals surface area (Å²) in [4.78, 5) is 0. The molecule has 0 aromatic rings. The normalized spacial score (nSPS) is 8.57. The number of hydrogen-bond acceptors (Lipinski definition) is 4. The zero-order chi connectivity index (χ0) is 4.50. The molecule has 0 aliphatic rings. The zero-order valence-corrected chi connectivity index (χ0v) is 2.81. The summed E-state index contributed by atoms with van der Waals surface area (Å²) < 4.78 is 32.7. The maximum atomic E-state index is 8.60. The molecule has 7 heteroatoms. The van der Waals surface area contributed by atoms with E-state index in [1.165, 1.54) is 0 Å². The van der Waals surface area contributed by atoms with Crippen LogP contribution in [0.3, 0.4) is 0 Å². The Bertz CT molecular complexity index is 27.2. The first-order chi connectivity index (χ1) is 2.00. The fourth-order valence-electron chi connectivity index (χ4n) is 0. The third-order valence-electron chi connectivity index (χ3n) is 0. The number of hydrogen-bond donors (Lipinski definition) is 1. The van der Waals surface area contributed by atoms with Crippen molar-refractivity contribution in [3.63, 3.8) is 0 Å². The number of halogens is 1. The van der Waals surface area contributed by atoms with Gasteiger partial charge < -0.3 is 0 Å². The van der Waals surface area contributed by atoms with Crippen LogP contribution in [-0.4, -0.2) is 91.3 Å². The largest absolute Gasteiger partial charge is 0.183 e. The van der Waals surface area contributed by atoms with Crippen LogP contribution < -0.4 is 14.0 Å². The minimum atomic E-state index is -4.69. The molecule has 40 valence electrons. The second kappa shape index (κ2) is 7.07. The van der Waals surface area contributed by atoms with Gasteiger partial charge in [0.05, 0.1) is 14.9 Å². The molecule has 0 saturated heterocycles. The Morgan fingerprint density at radius 3 is 1.14 bits per heavy atom. The molecule has 0 unspecified atom stereocenters. The smallest absolute Gasteiger partial charge is 0.0777 e. The van der Waals surface area contributed by atoms with E-state index in [1.807, 2.05) is 0 Å². The van der Waals surface area contributed by atoms with Crippen molar-refractivity contribution in [2.45, 2.75) is 0 Å².